The second-order valence-electron chi connectivity index (χ2n) is 5.59. The van der Waals surface area contributed by atoms with Gasteiger partial charge in [0.2, 0.25) is 0 Å². The number of aliphatic hydroxyl groups excluding tert-OH is 2. The molecule has 0 heterocycles. The number of ketones is 1. The summed E-state index contributed by atoms with van der Waals surface area (Å²) in [6.45, 7) is 0.552. The molecular formula is C17H22O4. The molecule has 1 saturated carbocycles. The number of hydrogen-bond acceptors (Lipinski definition) is 4. The lowest BCUT2D eigenvalue weighted by atomic mass is 10.0. The van der Waals surface area contributed by atoms with Gasteiger partial charge >= 0.3 is 0 Å². The van der Waals surface area contributed by atoms with Crippen LogP contribution in [0.1, 0.15) is 24.0 Å². The summed E-state index contributed by atoms with van der Waals surface area (Å²) in [7, 11) is 1.65. The Morgan fingerprint density at radius 3 is 2.81 bits per heavy atom. The molecule has 1 aliphatic rings. The fraction of sp³-hybridized carbons (Fsp3) is 0.471. The first-order valence-electron chi connectivity index (χ1n) is 7.21. The smallest absolute Gasteiger partial charge is 0.136 e. The van der Waals surface area contributed by atoms with Crippen LogP contribution < -0.4 is 0 Å². The number of benzene rings is 1. The normalized spacial score (nSPS) is 23.9. The Kier molecular flexibility index (Phi) is 5.67. The van der Waals surface area contributed by atoms with Gasteiger partial charge in [-0.3, -0.25) is 4.79 Å². The Bertz CT molecular complexity index is 509. The maximum absolute atomic E-state index is 11.2. The maximum atomic E-state index is 11.2. The molecule has 0 amide bonds. The molecule has 0 aliphatic heterocycles. The summed E-state index contributed by atoms with van der Waals surface area (Å²) in [5.74, 6) is -0.0779. The first kappa shape index (κ1) is 15.9. The average molecular weight is 290 g/mol. The Balaban J connectivity index is 1.90. The van der Waals surface area contributed by atoms with Crippen molar-refractivity contribution < 1.29 is 19.7 Å². The van der Waals surface area contributed by atoms with Crippen LogP contribution in [0.5, 0.6) is 0 Å². The van der Waals surface area contributed by atoms with Gasteiger partial charge < -0.3 is 14.9 Å². The van der Waals surface area contributed by atoms with Crippen LogP contribution in [0.15, 0.2) is 36.4 Å². The van der Waals surface area contributed by atoms with Crippen molar-refractivity contribution in [2.24, 2.45) is 5.92 Å². The average Bonchev–Trinajstić information content (AvgIpc) is 2.75. The minimum absolute atomic E-state index is 0.0823. The molecule has 0 aromatic heterocycles. The standard InChI is InChI=1S/C17H22O4/c1-21-11-13-4-2-3-12(7-13)8-15(18)6-5-14-9-16(19)10-17(14)20/h2-7,14-15,17-18,20H,8-11H2,1H3/t14-,15-,17-/m1/s1. The molecule has 1 aromatic carbocycles. The lowest BCUT2D eigenvalue weighted by Crippen LogP contribution is -2.12. The van der Waals surface area contributed by atoms with Crippen molar-refractivity contribution in [3.05, 3.63) is 47.5 Å². The first-order valence-corrected chi connectivity index (χ1v) is 7.21. The molecule has 0 bridgehead atoms. The quantitative estimate of drug-likeness (QED) is 0.782. The molecule has 3 atom stereocenters. The van der Waals surface area contributed by atoms with E-state index >= 15 is 0 Å². The van der Waals surface area contributed by atoms with Crippen LogP contribution in [-0.4, -0.2) is 35.3 Å². The predicted octanol–water partition coefficient (Wildman–Crippen LogP) is 1.63. The molecule has 21 heavy (non-hydrogen) atoms. The van der Waals surface area contributed by atoms with Crippen molar-refractivity contribution in [3.8, 4) is 0 Å². The lowest BCUT2D eigenvalue weighted by molar-refractivity contribution is -0.117. The third kappa shape index (κ3) is 4.77. The number of Topliss-reactive ketones (excluding diaryl/α,β-unsaturated/α-hetero) is 1. The Labute approximate surface area is 125 Å². The van der Waals surface area contributed by atoms with Gasteiger partial charge in [-0.2, -0.15) is 0 Å². The molecule has 1 fully saturated rings. The molecule has 1 aliphatic carbocycles. The third-order valence-corrected chi connectivity index (χ3v) is 3.72. The highest BCUT2D eigenvalue weighted by Gasteiger charge is 2.29. The Hall–Kier alpha value is -1.49. The van der Waals surface area contributed by atoms with E-state index in [9.17, 15) is 15.0 Å². The van der Waals surface area contributed by atoms with Crippen molar-refractivity contribution in [2.45, 2.75) is 38.1 Å². The summed E-state index contributed by atoms with van der Waals surface area (Å²) < 4.78 is 5.09. The molecule has 114 valence electrons. The highest BCUT2D eigenvalue weighted by atomic mass is 16.5. The molecule has 4 nitrogen and oxygen atoms in total. The Morgan fingerprint density at radius 1 is 1.38 bits per heavy atom. The largest absolute Gasteiger partial charge is 0.392 e. The number of ether oxygens (including phenoxy) is 1. The number of carbonyl (C=O) groups excluding carboxylic acids is 1. The van der Waals surface area contributed by atoms with Gasteiger partial charge in [0.1, 0.15) is 5.78 Å². The summed E-state index contributed by atoms with van der Waals surface area (Å²) in [6.07, 6.45) is 3.31. The van der Waals surface area contributed by atoms with Crippen LogP contribution in [0.3, 0.4) is 0 Å². The highest BCUT2D eigenvalue weighted by Crippen LogP contribution is 2.24. The van der Waals surface area contributed by atoms with Crippen molar-refractivity contribution in [1.82, 2.24) is 0 Å². The molecule has 2 N–H and O–H groups in total. The SMILES string of the molecule is COCc1cccc(C[C@H](O)C=C[C@@H]2CC(=O)C[C@H]2O)c1. The van der Waals surface area contributed by atoms with E-state index in [2.05, 4.69) is 0 Å². The monoisotopic (exact) mass is 290 g/mol. The molecule has 0 saturated heterocycles. The van der Waals surface area contributed by atoms with E-state index in [0.29, 0.717) is 19.4 Å². The number of methoxy groups -OCH3 is 1. The van der Waals surface area contributed by atoms with Gasteiger partial charge in [0.05, 0.1) is 18.8 Å². The van der Waals surface area contributed by atoms with E-state index in [1.807, 2.05) is 24.3 Å². The summed E-state index contributed by atoms with van der Waals surface area (Å²) in [5.41, 5.74) is 2.10. The van der Waals surface area contributed by atoms with Gasteiger partial charge in [-0.1, -0.05) is 36.4 Å². The van der Waals surface area contributed by atoms with Crippen LogP contribution in [0.4, 0.5) is 0 Å². The number of carbonyl (C=O) groups is 1. The summed E-state index contributed by atoms with van der Waals surface area (Å²) in [6, 6.07) is 7.90. The van der Waals surface area contributed by atoms with Gasteiger partial charge in [-0.05, 0) is 11.1 Å². The first-order chi connectivity index (χ1) is 10.1. The van der Waals surface area contributed by atoms with Gasteiger partial charge in [-0.15, -0.1) is 0 Å². The molecular weight excluding hydrogens is 268 g/mol. The van der Waals surface area contributed by atoms with E-state index < -0.39 is 12.2 Å². The zero-order chi connectivity index (χ0) is 15.2. The second-order valence-corrected chi connectivity index (χ2v) is 5.59. The molecule has 4 heteroatoms. The minimum atomic E-state index is -0.620. The van der Waals surface area contributed by atoms with Crippen LogP contribution in [-0.2, 0) is 22.6 Å². The van der Waals surface area contributed by atoms with Gasteiger partial charge in [-0.25, -0.2) is 0 Å². The van der Waals surface area contributed by atoms with E-state index in [4.69, 9.17) is 4.74 Å². The van der Waals surface area contributed by atoms with Gasteiger partial charge in [0.25, 0.3) is 0 Å². The number of aliphatic hydroxyl groups is 2. The summed E-state index contributed by atoms with van der Waals surface area (Å²) in [5, 5.41) is 19.7. The molecule has 0 spiro atoms. The van der Waals surface area contributed by atoms with Crippen molar-refractivity contribution in [3.63, 3.8) is 0 Å². The second kappa shape index (κ2) is 7.50. The topological polar surface area (TPSA) is 66.8 Å². The van der Waals surface area contributed by atoms with Crippen LogP contribution in [0, 0.1) is 5.92 Å². The molecule has 0 unspecified atom stereocenters. The third-order valence-electron chi connectivity index (χ3n) is 3.72. The number of hydrogen-bond donors (Lipinski definition) is 2. The lowest BCUT2D eigenvalue weighted by Gasteiger charge is -2.10. The zero-order valence-corrected chi connectivity index (χ0v) is 12.2. The molecule has 2 rings (SSSR count). The van der Waals surface area contributed by atoms with Crippen LogP contribution in [0.25, 0.3) is 0 Å². The van der Waals surface area contributed by atoms with Gasteiger partial charge in [0.15, 0.2) is 0 Å². The van der Waals surface area contributed by atoms with Crippen LogP contribution in [0.2, 0.25) is 0 Å². The predicted molar refractivity (Wildman–Crippen MR) is 79.7 cm³/mol. The van der Waals surface area contributed by atoms with Crippen molar-refractivity contribution >= 4 is 5.78 Å². The van der Waals surface area contributed by atoms with Gasteiger partial charge in [0, 0.05) is 32.3 Å². The van der Waals surface area contributed by atoms with Crippen molar-refractivity contribution in [1.29, 1.82) is 0 Å². The van der Waals surface area contributed by atoms with E-state index in [-0.39, 0.29) is 18.1 Å². The fourth-order valence-electron chi connectivity index (χ4n) is 2.66. The molecule has 0 radical (unpaired) electrons. The zero-order valence-electron chi connectivity index (χ0n) is 12.2. The van der Waals surface area contributed by atoms with E-state index in [0.717, 1.165) is 11.1 Å². The maximum Gasteiger partial charge on any atom is 0.136 e. The van der Waals surface area contributed by atoms with Crippen LogP contribution >= 0.6 is 0 Å². The van der Waals surface area contributed by atoms with Crippen molar-refractivity contribution in [2.75, 3.05) is 7.11 Å². The summed E-state index contributed by atoms with van der Waals surface area (Å²) in [4.78, 5) is 11.2. The van der Waals surface area contributed by atoms with E-state index in [1.165, 1.54) is 0 Å². The Morgan fingerprint density at radius 2 is 2.14 bits per heavy atom. The van der Waals surface area contributed by atoms with E-state index in [1.54, 1.807) is 19.3 Å². The minimum Gasteiger partial charge on any atom is -0.392 e. The fourth-order valence-corrected chi connectivity index (χ4v) is 2.66. The highest BCUT2D eigenvalue weighted by molar-refractivity contribution is 5.81. The number of rotatable bonds is 6. The molecule has 1 aromatic rings. The summed E-state index contributed by atoms with van der Waals surface area (Å²) >= 11 is 0.